The molecule has 2 aromatic carbocycles. The molecule has 1 unspecified atom stereocenters. The Bertz CT molecular complexity index is 549. The van der Waals surface area contributed by atoms with E-state index in [1.165, 1.54) is 0 Å². The Balaban J connectivity index is 1.96. The van der Waals surface area contributed by atoms with Gasteiger partial charge >= 0.3 is 0 Å². The van der Waals surface area contributed by atoms with Gasteiger partial charge in [0.2, 0.25) is 0 Å². The number of hydrogen-bond acceptors (Lipinski definition) is 3. The molecule has 20 heavy (non-hydrogen) atoms. The normalized spacial score (nSPS) is 12.1. The van der Waals surface area contributed by atoms with Gasteiger partial charge in [-0.25, -0.2) is 0 Å². The molecule has 0 radical (unpaired) electrons. The molecule has 0 saturated carbocycles. The fourth-order valence-electron chi connectivity index (χ4n) is 2.06. The number of rotatable bonds is 6. The van der Waals surface area contributed by atoms with Gasteiger partial charge in [-0.3, -0.25) is 4.79 Å². The molecule has 0 aliphatic carbocycles. The van der Waals surface area contributed by atoms with Crippen molar-refractivity contribution in [2.24, 2.45) is 0 Å². The van der Waals surface area contributed by atoms with Crippen molar-refractivity contribution in [1.29, 1.82) is 0 Å². The second-order valence-electron chi connectivity index (χ2n) is 4.90. The number of hydrogen-bond donors (Lipinski definition) is 2. The number of ketones is 1. The molecule has 0 amide bonds. The minimum absolute atomic E-state index is 0.132. The maximum Gasteiger partial charge on any atom is 0.147 e. The third-order valence-electron chi connectivity index (χ3n) is 3.26. The standard InChI is InChI=1S/C17H19NO2/c1-13(19)17(11-14-5-3-2-4-6-14)18-12-15-7-9-16(20)10-8-15/h2-10,17-18,20H,11-12H2,1H3. The van der Waals surface area contributed by atoms with Gasteiger partial charge in [0.1, 0.15) is 11.5 Å². The van der Waals surface area contributed by atoms with E-state index in [-0.39, 0.29) is 17.6 Å². The van der Waals surface area contributed by atoms with Gasteiger partial charge in [-0.2, -0.15) is 0 Å². The summed E-state index contributed by atoms with van der Waals surface area (Å²) in [6.07, 6.45) is 0.689. The van der Waals surface area contributed by atoms with E-state index in [0.717, 1.165) is 11.1 Å². The zero-order chi connectivity index (χ0) is 14.4. The van der Waals surface area contributed by atoms with Crippen LogP contribution in [0.3, 0.4) is 0 Å². The van der Waals surface area contributed by atoms with E-state index < -0.39 is 0 Å². The van der Waals surface area contributed by atoms with Crippen molar-refractivity contribution in [2.45, 2.75) is 25.9 Å². The van der Waals surface area contributed by atoms with Gasteiger partial charge in [0.15, 0.2) is 0 Å². The van der Waals surface area contributed by atoms with Crippen molar-refractivity contribution in [3.05, 3.63) is 65.7 Å². The van der Waals surface area contributed by atoms with E-state index in [9.17, 15) is 9.90 Å². The highest BCUT2D eigenvalue weighted by molar-refractivity contribution is 5.81. The highest BCUT2D eigenvalue weighted by Crippen LogP contribution is 2.10. The number of nitrogens with one attached hydrogen (secondary N) is 1. The Labute approximate surface area is 119 Å². The maximum atomic E-state index is 11.7. The first-order chi connectivity index (χ1) is 9.65. The summed E-state index contributed by atoms with van der Waals surface area (Å²) in [5.74, 6) is 0.383. The number of carbonyl (C=O) groups excluding carboxylic acids is 1. The fraction of sp³-hybridized carbons (Fsp3) is 0.235. The lowest BCUT2D eigenvalue weighted by Crippen LogP contribution is -2.36. The van der Waals surface area contributed by atoms with Crippen molar-refractivity contribution in [1.82, 2.24) is 5.32 Å². The lowest BCUT2D eigenvalue weighted by Gasteiger charge is -2.16. The van der Waals surface area contributed by atoms with Gasteiger partial charge in [0, 0.05) is 6.54 Å². The molecular formula is C17H19NO2. The largest absolute Gasteiger partial charge is 0.508 e. The maximum absolute atomic E-state index is 11.7. The van der Waals surface area contributed by atoms with Crippen LogP contribution >= 0.6 is 0 Å². The Morgan fingerprint density at radius 3 is 2.30 bits per heavy atom. The van der Waals surface area contributed by atoms with E-state index in [1.807, 2.05) is 42.5 Å². The molecule has 2 rings (SSSR count). The lowest BCUT2D eigenvalue weighted by molar-refractivity contribution is -0.119. The molecule has 3 nitrogen and oxygen atoms in total. The number of phenolic OH excluding ortho intramolecular Hbond substituents is 1. The lowest BCUT2D eigenvalue weighted by atomic mass is 10.0. The summed E-state index contributed by atoms with van der Waals surface area (Å²) in [4.78, 5) is 11.7. The Morgan fingerprint density at radius 1 is 1.05 bits per heavy atom. The van der Waals surface area contributed by atoms with Crippen LogP contribution in [0, 0.1) is 0 Å². The van der Waals surface area contributed by atoms with E-state index in [1.54, 1.807) is 19.1 Å². The van der Waals surface area contributed by atoms with Crippen LogP contribution in [0.25, 0.3) is 0 Å². The van der Waals surface area contributed by atoms with Gasteiger partial charge in [-0.1, -0.05) is 42.5 Å². The van der Waals surface area contributed by atoms with Gasteiger partial charge in [-0.15, -0.1) is 0 Å². The highest BCUT2D eigenvalue weighted by atomic mass is 16.3. The first-order valence-electron chi connectivity index (χ1n) is 6.71. The summed E-state index contributed by atoms with van der Waals surface area (Å²) in [6, 6.07) is 16.8. The number of Topliss-reactive ketones (excluding diaryl/α,β-unsaturated/α-hetero) is 1. The molecule has 0 saturated heterocycles. The Hall–Kier alpha value is -2.13. The van der Waals surface area contributed by atoms with Crippen LogP contribution in [0.1, 0.15) is 18.1 Å². The molecule has 104 valence electrons. The molecule has 2 aromatic rings. The van der Waals surface area contributed by atoms with Crippen LogP contribution in [0.4, 0.5) is 0 Å². The van der Waals surface area contributed by atoms with E-state index in [2.05, 4.69) is 5.32 Å². The topological polar surface area (TPSA) is 49.3 Å². The molecule has 0 fully saturated rings. The first-order valence-corrected chi connectivity index (χ1v) is 6.71. The molecular weight excluding hydrogens is 250 g/mol. The average molecular weight is 269 g/mol. The number of phenols is 1. The van der Waals surface area contributed by atoms with Crippen molar-refractivity contribution in [3.8, 4) is 5.75 Å². The molecule has 0 bridgehead atoms. The third-order valence-corrected chi connectivity index (χ3v) is 3.26. The predicted octanol–water partition coefficient (Wildman–Crippen LogP) is 2.68. The van der Waals surface area contributed by atoms with Crippen LogP contribution in [0.2, 0.25) is 0 Å². The van der Waals surface area contributed by atoms with Gasteiger partial charge in [0.05, 0.1) is 6.04 Å². The second-order valence-corrected chi connectivity index (χ2v) is 4.90. The third kappa shape index (κ3) is 4.21. The summed E-state index contributed by atoms with van der Waals surface area (Å²) in [5, 5.41) is 12.5. The summed E-state index contributed by atoms with van der Waals surface area (Å²) >= 11 is 0. The van der Waals surface area contributed by atoms with E-state index in [0.29, 0.717) is 13.0 Å². The summed E-state index contributed by atoms with van der Waals surface area (Å²) < 4.78 is 0. The minimum Gasteiger partial charge on any atom is -0.508 e. The number of carbonyl (C=O) groups is 1. The monoisotopic (exact) mass is 269 g/mol. The fourth-order valence-corrected chi connectivity index (χ4v) is 2.06. The van der Waals surface area contributed by atoms with Crippen molar-refractivity contribution in [3.63, 3.8) is 0 Å². The summed E-state index contributed by atoms with van der Waals surface area (Å²) in [7, 11) is 0. The van der Waals surface area contributed by atoms with E-state index >= 15 is 0 Å². The number of aromatic hydroxyl groups is 1. The van der Waals surface area contributed by atoms with Crippen LogP contribution in [-0.4, -0.2) is 16.9 Å². The molecule has 0 aromatic heterocycles. The van der Waals surface area contributed by atoms with Crippen LogP contribution in [0.5, 0.6) is 5.75 Å². The highest BCUT2D eigenvalue weighted by Gasteiger charge is 2.14. The summed E-state index contributed by atoms with van der Waals surface area (Å²) in [5.41, 5.74) is 2.19. The quantitative estimate of drug-likeness (QED) is 0.847. The molecule has 0 aliphatic rings. The zero-order valence-electron chi connectivity index (χ0n) is 11.5. The van der Waals surface area contributed by atoms with Crippen LogP contribution in [-0.2, 0) is 17.8 Å². The van der Waals surface area contributed by atoms with Crippen LogP contribution < -0.4 is 5.32 Å². The van der Waals surface area contributed by atoms with Crippen molar-refractivity contribution < 1.29 is 9.90 Å². The molecule has 3 heteroatoms. The minimum atomic E-state index is -0.189. The smallest absolute Gasteiger partial charge is 0.147 e. The van der Waals surface area contributed by atoms with Crippen molar-refractivity contribution >= 4 is 5.78 Å². The summed E-state index contributed by atoms with van der Waals surface area (Å²) in [6.45, 7) is 2.22. The Morgan fingerprint density at radius 2 is 1.70 bits per heavy atom. The van der Waals surface area contributed by atoms with Crippen molar-refractivity contribution in [2.75, 3.05) is 0 Å². The zero-order valence-corrected chi connectivity index (χ0v) is 11.5. The SMILES string of the molecule is CC(=O)C(Cc1ccccc1)NCc1ccc(O)cc1. The second kappa shape index (κ2) is 6.87. The molecule has 0 heterocycles. The Kier molecular flexibility index (Phi) is 4.91. The first kappa shape index (κ1) is 14.3. The van der Waals surface area contributed by atoms with Gasteiger partial charge in [-0.05, 0) is 36.6 Å². The van der Waals surface area contributed by atoms with Gasteiger partial charge < -0.3 is 10.4 Å². The van der Waals surface area contributed by atoms with Gasteiger partial charge in [0.25, 0.3) is 0 Å². The van der Waals surface area contributed by atoms with E-state index in [4.69, 9.17) is 0 Å². The molecule has 0 aliphatic heterocycles. The van der Waals surface area contributed by atoms with Crippen LogP contribution in [0.15, 0.2) is 54.6 Å². The average Bonchev–Trinajstić information content (AvgIpc) is 2.46. The number of benzene rings is 2. The predicted molar refractivity (Wildman–Crippen MR) is 79.6 cm³/mol. The molecule has 2 N–H and O–H groups in total. The molecule has 1 atom stereocenters. The molecule has 0 spiro atoms.